The normalized spacial score (nSPS) is 18.0. The van der Waals surface area contributed by atoms with Crippen molar-refractivity contribution in [3.05, 3.63) is 43.6 Å². The van der Waals surface area contributed by atoms with Crippen molar-refractivity contribution in [1.29, 1.82) is 0 Å². The molecule has 8 heteroatoms. The summed E-state index contributed by atoms with van der Waals surface area (Å²) in [5, 5.41) is -0.422. The van der Waals surface area contributed by atoms with E-state index < -0.39 is 17.1 Å². The van der Waals surface area contributed by atoms with E-state index in [9.17, 15) is 14.0 Å². The van der Waals surface area contributed by atoms with E-state index in [0.717, 1.165) is 11.8 Å². The number of nitrogens with zero attached hydrogens (tertiary/aromatic N) is 3. The lowest BCUT2D eigenvalue weighted by Gasteiger charge is -2.25. The largest absolute Gasteiger partial charge is 0.334 e. The Kier molecular flexibility index (Phi) is 4.13. The number of halogens is 2. The summed E-state index contributed by atoms with van der Waals surface area (Å²) in [6.45, 7) is 5.88. The summed E-state index contributed by atoms with van der Waals surface area (Å²) < 4.78 is 15.0. The molecule has 0 bridgehead atoms. The van der Waals surface area contributed by atoms with Crippen molar-refractivity contribution in [2.45, 2.75) is 27.2 Å². The molecule has 6 nitrogen and oxygen atoms in total. The van der Waals surface area contributed by atoms with E-state index in [-0.39, 0.29) is 28.0 Å². The maximum Gasteiger partial charge on any atom is 0.334 e. The van der Waals surface area contributed by atoms with E-state index in [1.54, 1.807) is 0 Å². The van der Waals surface area contributed by atoms with Gasteiger partial charge in [-0.25, -0.2) is 18.7 Å². The fraction of sp³-hybridized carbons (Fsp3) is 0.375. The van der Waals surface area contributed by atoms with Gasteiger partial charge >= 0.3 is 5.69 Å². The second kappa shape index (κ2) is 5.98. The van der Waals surface area contributed by atoms with Gasteiger partial charge in [-0.1, -0.05) is 32.4 Å². The van der Waals surface area contributed by atoms with Crippen LogP contribution in [0.1, 0.15) is 27.2 Å². The molecule has 24 heavy (non-hydrogen) atoms. The highest BCUT2D eigenvalue weighted by atomic mass is 35.5. The maximum absolute atomic E-state index is 13.7. The fourth-order valence-electron chi connectivity index (χ4n) is 2.85. The molecule has 0 saturated carbocycles. The zero-order valence-corrected chi connectivity index (χ0v) is 14.2. The molecule has 1 aliphatic rings. The van der Waals surface area contributed by atoms with Gasteiger partial charge in [-0.2, -0.15) is 0 Å². The first-order chi connectivity index (χ1) is 11.3. The van der Waals surface area contributed by atoms with Gasteiger partial charge in [0, 0.05) is 12.1 Å². The minimum absolute atomic E-state index is 0.0164. The molecule has 2 aromatic heterocycles. The average Bonchev–Trinajstić information content (AvgIpc) is 2.50. The Morgan fingerprint density at radius 1 is 1.42 bits per heavy atom. The number of aromatic amines is 1. The highest BCUT2D eigenvalue weighted by Gasteiger charge is 2.25. The van der Waals surface area contributed by atoms with Crippen molar-refractivity contribution >= 4 is 34.5 Å². The second-order valence-electron chi connectivity index (χ2n) is 6.10. The summed E-state index contributed by atoms with van der Waals surface area (Å²) in [4.78, 5) is 35.1. The summed E-state index contributed by atoms with van der Waals surface area (Å²) in [6, 6.07) is 0.992. The van der Waals surface area contributed by atoms with Crippen molar-refractivity contribution in [3.63, 3.8) is 0 Å². The monoisotopic (exact) mass is 350 g/mol. The first-order valence-electron chi connectivity index (χ1n) is 7.59. The molecular weight excluding hydrogens is 335 g/mol. The van der Waals surface area contributed by atoms with Gasteiger partial charge in [0.25, 0.3) is 5.56 Å². The zero-order valence-electron chi connectivity index (χ0n) is 13.4. The zero-order chi connectivity index (χ0) is 17.6. The Morgan fingerprint density at radius 2 is 2.12 bits per heavy atom. The summed E-state index contributed by atoms with van der Waals surface area (Å²) in [6.07, 6.45) is 2.45. The molecular formula is C16H16ClFN4O2. The molecule has 0 aliphatic carbocycles. The van der Waals surface area contributed by atoms with Crippen molar-refractivity contribution in [2.75, 3.05) is 0 Å². The minimum Gasteiger partial charge on any atom is -0.273 e. The lowest BCUT2D eigenvalue weighted by Crippen LogP contribution is -2.33. The standard InChI is InChI=1S/C16H16ClFN4O2/c1-7(2)11-12(8(3)4-5-19-11)22-14-9(15(23)21-16(22)24)6-10(18)13(17)20-14/h5-8H,4H2,1-3H3,(H,21,23,24)/t8-/m0/s1. The molecule has 0 amide bonds. The average molecular weight is 351 g/mol. The summed E-state index contributed by atoms with van der Waals surface area (Å²) in [7, 11) is 0. The van der Waals surface area contributed by atoms with Gasteiger partial charge in [0.05, 0.1) is 16.8 Å². The first kappa shape index (κ1) is 16.6. The van der Waals surface area contributed by atoms with Gasteiger partial charge in [-0.3, -0.25) is 14.8 Å². The molecule has 0 spiro atoms. The molecule has 2 aromatic rings. The van der Waals surface area contributed by atoms with Gasteiger partial charge in [0.2, 0.25) is 0 Å². The van der Waals surface area contributed by atoms with E-state index in [1.165, 1.54) is 4.57 Å². The summed E-state index contributed by atoms with van der Waals surface area (Å²) >= 11 is 5.78. The van der Waals surface area contributed by atoms with Crippen molar-refractivity contribution in [1.82, 2.24) is 14.5 Å². The van der Waals surface area contributed by atoms with Gasteiger partial charge in [0.1, 0.15) is 0 Å². The third kappa shape index (κ3) is 2.58. The van der Waals surface area contributed by atoms with Crippen LogP contribution in [0.5, 0.6) is 0 Å². The highest BCUT2D eigenvalue weighted by Crippen LogP contribution is 2.32. The third-order valence-corrected chi connectivity index (χ3v) is 4.26. The van der Waals surface area contributed by atoms with E-state index in [0.29, 0.717) is 12.1 Å². The predicted octanol–water partition coefficient (Wildman–Crippen LogP) is 2.81. The van der Waals surface area contributed by atoms with Crippen LogP contribution in [0.3, 0.4) is 0 Å². The number of rotatable bonds is 2. The number of allylic oxidation sites excluding steroid dienone is 2. The van der Waals surface area contributed by atoms with Gasteiger partial charge in [-0.05, 0) is 18.4 Å². The van der Waals surface area contributed by atoms with Crippen molar-refractivity contribution in [2.24, 2.45) is 16.8 Å². The van der Waals surface area contributed by atoms with Crippen LogP contribution in [0, 0.1) is 17.7 Å². The van der Waals surface area contributed by atoms with E-state index in [2.05, 4.69) is 15.0 Å². The van der Waals surface area contributed by atoms with Gasteiger partial charge in [-0.15, -0.1) is 0 Å². The molecule has 0 saturated heterocycles. The molecule has 1 aliphatic heterocycles. The van der Waals surface area contributed by atoms with Gasteiger partial charge < -0.3 is 0 Å². The van der Waals surface area contributed by atoms with E-state index in [4.69, 9.17) is 11.6 Å². The Hall–Kier alpha value is -2.28. The molecule has 0 fully saturated rings. The summed E-state index contributed by atoms with van der Waals surface area (Å²) in [5.41, 5.74) is 0.0698. The lowest BCUT2D eigenvalue weighted by atomic mass is 9.95. The number of H-pyrrole nitrogens is 1. The van der Waals surface area contributed by atoms with Crippen molar-refractivity contribution < 1.29 is 4.39 Å². The molecule has 1 atom stereocenters. The van der Waals surface area contributed by atoms with Crippen LogP contribution in [0.2, 0.25) is 5.15 Å². The molecule has 1 N–H and O–H groups in total. The number of aliphatic imine (C=N–C) groups is 1. The van der Waals surface area contributed by atoms with E-state index in [1.807, 2.05) is 27.0 Å². The molecule has 3 rings (SSSR count). The van der Waals surface area contributed by atoms with Crippen LogP contribution in [0.15, 0.2) is 26.3 Å². The van der Waals surface area contributed by atoms with Gasteiger partial charge in [0.15, 0.2) is 16.6 Å². The number of nitrogens with one attached hydrogen (secondary N) is 1. The van der Waals surface area contributed by atoms with Crippen LogP contribution in [-0.4, -0.2) is 20.7 Å². The van der Waals surface area contributed by atoms with Crippen LogP contribution in [0.4, 0.5) is 4.39 Å². The number of fused-ring (bicyclic) bond motifs is 1. The minimum atomic E-state index is -0.812. The second-order valence-corrected chi connectivity index (χ2v) is 6.46. The lowest BCUT2D eigenvalue weighted by molar-refractivity contribution is 0.622. The first-order valence-corrected chi connectivity index (χ1v) is 7.97. The Balaban J connectivity index is 2.50. The van der Waals surface area contributed by atoms with Crippen LogP contribution < -0.4 is 11.2 Å². The quantitative estimate of drug-likeness (QED) is 0.846. The Bertz CT molecular complexity index is 1000. The van der Waals surface area contributed by atoms with E-state index >= 15 is 0 Å². The Labute approximate surface area is 141 Å². The molecule has 0 aromatic carbocycles. The predicted molar refractivity (Wildman–Crippen MR) is 91.9 cm³/mol. The molecule has 126 valence electrons. The Morgan fingerprint density at radius 3 is 2.79 bits per heavy atom. The van der Waals surface area contributed by atoms with Crippen LogP contribution in [0.25, 0.3) is 16.7 Å². The van der Waals surface area contributed by atoms with Crippen molar-refractivity contribution in [3.8, 4) is 0 Å². The SMILES string of the molecule is CC(C)C1=C(n2c(=O)[nH]c(=O)c3cc(F)c(Cl)nc32)[C@@H](C)CC=N1. The number of pyridine rings is 1. The molecule has 3 heterocycles. The van der Waals surface area contributed by atoms with Crippen LogP contribution in [-0.2, 0) is 0 Å². The van der Waals surface area contributed by atoms with Crippen LogP contribution >= 0.6 is 11.6 Å². The topological polar surface area (TPSA) is 80.1 Å². The number of hydrogen-bond acceptors (Lipinski definition) is 4. The fourth-order valence-corrected chi connectivity index (χ4v) is 2.99. The number of aromatic nitrogens is 3. The highest BCUT2D eigenvalue weighted by molar-refractivity contribution is 6.29. The molecule has 0 unspecified atom stereocenters. The number of hydrogen-bond donors (Lipinski definition) is 1. The maximum atomic E-state index is 13.7. The molecule has 0 radical (unpaired) electrons. The smallest absolute Gasteiger partial charge is 0.273 e. The summed E-state index contributed by atoms with van der Waals surface area (Å²) in [5.74, 6) is -0.770. The third-order valence-electron chi connectivity index (χ3n) is 4.00.